The number of alkyl halides is 3. The second kappa shape index (κ2) is 8.26. The lowest BCUT2D eigenvalue weighted by molar-refractivity contribution is -0.274. The molecule has 1 aromatic carbocycles. The Morgan fingerprint density at radius 1 is 1.35 bits per heavy atom. The van der Waals surface area contributed by atoms with Crippen molar-refractivity contribution in [2.45, 2.75) is 45.1 Å². The molecule has 0 aromatic heterocycles. The fraction of sp³-hybridized carbons (Fsp3) is 0.562. The molecular weight excluding hydrogens is 373 g/mol. The van der Waals surface area contributed by atoms with Crippen LogP contribution in [0.4, 0.5) is 13.2 Å². The van der Waals surface area contributed by atoms with Crippen LogP contribution < -0.4 is 10.1 Å². The van der Waals surface area contributed by atoms with Crippen LogP contribution in [-0.2, 0) is 21.4 Å². The van der Waals surface area contributed by atoms with E-state index in [4.69, 9.17) is 0 Å². The number of carbonyl (C=O) groups excluding carboxylic acids is 1. The first-order valence-corrected chi connectivity index (χ1v) is 9.86. The van der Waals surface area contributed by atoms with Crippen LogP contribution in [0.15, 0.2) is 24.3 Å². The van der Waals surface area contributed by atoms with Gasteiger partial charge in [-0.15, -0.1) is 13.2 Å². The average Bonchev–Trinajstić information content (AvgIpc) is 3.03. The summed E-state index contributed by atoms with van der Waals surface area (Å²) in [5.41, 5.74) is 0.152. The first-order chi connectivity index (χ1) is 12.1. The lowest BCUT2D eigenvalue weighted by Gasteiger charge is -2.23. The Bertz CT molecular complexity index is 737. The van der Waals surface area contributed by atoms with Gasteiger partial charge in [0.1, 0.15) is 11.8 Å². The number of amides is 1. The lowest BCUT2D eigenvalue weighted by atomic mass is 10.2. The van der Waals surface area contributed by atoms with Gasteiger partial charge in [0, 0.05) is 18.7 Å². The highest BCUT2D eigenvalue weighted by Gasteiger charge is 2.38. The summed E-state index contributed by atoms with van der Waals surface area (Å²) in [6, 6.07) is 4.65. The molecule has 1 aliphatic heterocycles. The molecule has 6 nitrogen and oxygen atoms in total. The quantitative estimate of drug-likeness (QED) is 0.771. The van der Waals surface area contributed by atoms with E-state index < -0.39 is 34.1 Å². The normalized spacial score (nSPS) is 18.7. The van der Waals surface area contributed by atoms with Gasteiger partial charge in [-0.25, -0.2) is 8.42 Å². The summed E-state index contributed by atoms with van der Waals surface area (Å²) >= 11 is 0. The molecule has 26 heavy (non-hydrogen) atoms. The second-order valence-electron chi connectivity index (χ2n) is 5.96. The van der Waals surface area contributed by atoms with Gasteiger partial charge in [-0.3, -0.25) is 4.79 Å². The molecule has 1 unspecified atom stereocenters. The van der Waals surface area contributed by atoms with Crippen LogP contribution in [0.25, 0.3) is 0 Å². The molecule has 0 bridgehead atoms. The van der Waals surface area contributed by atoms with Gasteiger partial charge >= 0.3 is 6.36 Å². The summed E-state index contributed by atoms with van der Waals surface area (Å²) in [4.78, 5) is 12.4. The summed E-state index contributed by atoms with van der Waals surface area (Å²) in [7, 11) is -3.52. The fourth-order valence-electron chi connectivity index (χ4n) is 2.88. The number of halogens is 3. The number of rotatable bonds is 7. The summed E-state index contributed by atoms with van der Waals surface area (Å²) in [5, 5.41) is 2.52. The maximum Gasteiger partial charge on any atom is 0.573 e. The molecule has 0 saturated carbocycles. The van der Waals surface area contributed by atoms with E-state index in [0.717, 1.165) is 6.07 Å². The predicted octanol–water partition coefficient (Wildman–Crippen LogP) is 2.41. The molecule has 1 atom stereocenters. The fourth-order valence-corrected chi connectivity index (χ4v) is 4.63. The summed E-state index contributed by atoms with van der Waals surface area (Å²) in [6.07, 6.45) is -3.45. The second-order valence-corrected chi connectivity index (χ2v) is 8.00. The summed E-state index contributed by atoms with van der Waals surface area (Å²) < 4.78 is 66.9. The number of hydrogen-bond acceptors (Lipinski definition) is 4. The number of carbonyl (C=O) groups is 1. The number of nitrogens with zero attached hydrogens (tertiary/aromatic N) is 1. The zero-order valence-electron chi connectivity index (χ0n) is 14.3. The first-order valence-electron chi connectivity index (χ1n) is 8.25. The smallest absolute Gasteiger partial charge is 0.405 e. The highest BCUT2D eigenvalue weighted by Crippen LogP contribution is 2.26. The number of benzene rings is 1. The van der Waals surface area contributed by atoms with E-state index in [-0.39, 0.29) is 24.4 Å². The highest BCUT2D eigenvalue weighted by atomic mass is 32.2. The maximum atomic E-state index is 12.4. The monoisotopic (exact) mass is 394 g/mol. The Morgan fingerprint density at radius 3 is 2.69 bits per heavy atom. The SMILES string of the molecule is CCCS(=O)(=O)N1CCCC1C(=O)NCc1ccccc1OC(F)(F)F. The largest absolute Gasteiger partial charge is 0.573 e. The van der Waals surface area contributed by atoms with Gasteiger partial charge in [-0.05, 0) is 25.3 Å². The molecule has 1 fully saturated rings. The van der Waals surface area contributed by atoms with Crippen molar-refractivity contribution in [2.24, 2.45) is 0 Å². The van der Waals surface area contributed by atoms with E-state index in [0.29, 0.717) is 19.3 Å². The van der Waals surface area contributed by atoms with E-state index in [1.54, 1.807) is 6.92 Å². The van der Waals surface area contributed by atoms with E-state index in [1.807, 2.05) is 0 Å². The minimum absolute atomic E-state index is 0.0426. The van der Waals surface area contributed by atoms with E-state index >= 15 is 0 Å². The molecule has 1 aliphatic rings. The Morgan fingerprint density at radius 2 is 2.04 bits per heavy atom. The molecule has 1 saturated heterocycles. The van der Waals surface area contributed by atoms with Crippen LogP contribution in [0.1, 0.15) is 31.7 Å². The number of para-hydroxylation sites is 1. The van der Waals surface area contributed by atoms with Crippen molar-refractivity contribution < 1.29 is 31.1 Å². The standard InChI is InChI=1S/C16H21F3N2O4S/c1-2-10-26(23,24)21-9-5-7-13(21)15(22)20-11-12-6-3-4-8-14(12)25-16(17,18)19/h3-4,6,8,13H,2,5,7,9-11H2,1H3,(H,20,22). The molecule has 0 spiro atoms. The summed E-state index contributed by atoms with van der Waals surface area (Å²) in [6.45, 7) is 1.82. The van der Waals surface area contributed by atoms with Crippen molar-refractivity contribution >= 4 is 15.9 Å². The maximum absolute atomic E-state index is 12.4. The Balaban J connectivity index is 2.05. The van der Waals surface area contributed by atoms with Gasteiger partial charge in [-0.1, -0.05) is 25.1 Å². The molecule has 1 amide bonds. The molecule has 10 heteroatoms. The minimum Gasteiger partial charge on any atom is -0.405 e. The van der Waals surface area contributed by atoms with Crippen molar-refractivity contribution in [1.29, 1.82) is 0 Å². The number of hydrogen-bond donors (Lipinski definition) is 1. The van der Waals surface area contributed by atoms with Crippen molar-refractivity contribution in [1.82, 2.24) is 9.62 Å². The van der Waals surface area contributed by atoms with E-state index in [9.17, 15) is 26.4 Å². The van der Waals surface area contributed by atoms with Gasteiger partial charge in [0.15, 0.2) is 0 Å². The van der Waals surface area contributed by atoms with Crippen LogP contribution in [0.5, 0.6) is 5.75 Å². The molecule has 2 rings (SSSR count). The third kappa shape index (κ3) is 5.34. The number of ether oxygens (including phenoxy) is 1. The van der Waals surface area contributed by atoms with Crippen LogP contribution >= 0.6 is 0 Å². The third-order valence-corrected chi connectivity index (χ3v) is 6.05. The molecule has 1 aromatic rings. The first kappa shape index (κ1) is 20.5. The molecule has 1 heterocycles. The molecule has 0 radical (unpaired) electrons. The average molecular weight is 394 g/mol. The Hall–Kier alpha value is -1.81. The zero-order valence-corrected chi connectivity index (χ0v) is 15.1. The number of nitrogens with one attached hydrogen (secondary N) is 1. The molecular formula is C16H21F3N2O4S. The summed E-state index contributed by atoms with van der Waals surface area (Å²) in [5.74, 6) is -0.967. The van der Waals surface area contributed by atoms with Crippen molar-refractivity contribution in [3.8, 4) is 5.75 Å². The van der Waals surface area contributed by atoms with Gasteiger partial charge in [-0.2, -0.15) is 4.31 Å². The van der Waals surface area contributed by atoms with Crippen molar-refractivity contribution in [3.05, 3.63) is 29.8 Å². The lowest BCUT2D eigenvalue weighted by Crippen LogP contribution is -2.46. The van der Waals surface area contributed by atoms with E-state index in [2.05, 4.69) is 10.1 Å². The van der Waals surface area contributed by atoms with Crippen molar-refractivity contribution in [2.75, 3.05) is 12.3 Å². The van der Waals surface area contributed by atoms with Gasteiger partial charge in [0.2, 0.25) is 15.9 Å². The third-order valence-electron chi connectivity index (χ3n) is 3.98. The van der Waals surface area contributed by atoms with Crippen LogP contribution in [0.3, 0.4) is 0 Å². The van der Waals surface area contributed by atoms with Crippen LogP contribution in [0.2, 0.25) is 0 Å². The zero-order chi connectivity index (χ0) is 19.4. The topological polar surface area (TPSA) is 75.7 Å². The molecule has 1 N–H and O–H groups in total. The number of sulfonamides is 1. The van der Waals surface area contributed by atoms with Crippen LogP contribution in [0, 0.1) is 0 Å². The van der Waals surface area contributed by atoms with Gasteiger partial charge < -0.3 is 10.1 Å². The predicted molar refractivity (Wildman–Crippen MR) is 88.8 cm³/mol. The minimum atomic E-state index is -4.84. The van der Waals surface area contributed by atoms with Gasteiger partial charge in [0.25, 0.3) is 0 Å². The highest BCUT2D eigenvalue weighted by molar-refractivity contribution is 7.89. The van der Waals surface area contributed by atoms with Gasteiger partial charge in [0.05, 0.1) is 5.75 Å². The van der Waals surface area contributed by atoms with E-state index in [1.165, 1.54) is 22.5 Å². The van der Waals surface area contributed by atoms with Crippen molar-refractivity contribution in [3.63, 3.8) is 0 Å². The Labute approximate surface area is 150 Å². The van der Waals surface area contributed by atoms with Crippen LogP contribution in [-0.4, -0.2) is 43.3 Å². The molecule has 0 aliphatic carbocycles. The molecule has 146 valence electrons. The Kier molecular flexibility index (Phi) is 6.51.